The van der Waals surface area contributed by atoms with Crippen LogP contribution in [0.3, 0.4) is 0 Å². The van der Waals surface area contributed by atoms with E-state index in [2.05, 4.69) is 30.6 Å². The Morgan fingerprint density at radius 2 is 2.12 bits per heavy atom. The molecule has 4 aromatic rings. The third-order valence-electron chi connectivity index (χ3n) is 3.25. The zero-order valence-corrected chi connectivity index (χ0v) is 12.2. The lowest BCUT2D eigenvalue weighted by Gasteiger charge is -1.99. The number of carbonyl (C=O) groups excluding carboxylic acids is 1. The first-order valence-corrected chi connectivity index (χ1v) is 7.01. The molecule has 2 N–H and O–H groups in total. The standard InChI is InChI=1S/C15H11N7O2/c23-14(13-9-24-15(21-13)10-5-17-18-6-10)20-11-7-19-22(8-11)12-1-3-16-4-2-12/h1-9H,(H,17,18)(H,20,23). The summed E-state index contributed by atoms with van der Waals surface area (Å²) in [6.45, 7) is 0. The molecule has 0 saturated heterocycles. The van der Waals surface area contributed by atoms with Crippen molar-refractivity contribution in [3.8, 4) is 17.1 Å². The summed E-state index contributed by atoms with van der Waals surface area (Å²) in [7, 11) is 0. The molecule has 0 aliphatic rings. The third kappa shape index (κ3) is 2.65. The van der Waals surface area contributed by atoms with Gasteiger partial charge in [0.25, 0.3) is 5.91 Å². The number of oxazole rings is 1. The van der Waals surface area contributed by atoms with Gasteiger partial charge in [-0.15, -0.1) is 0 Å². The fourth-order valence-electron chi connectivity index (χ4n) is 2.10. The topological polar surface area (TPSA) is 115 Å². The van der Waals surface area contributed by atoms with Gasteiger partial charge in [-0.3, -0.25) is 14.9 Å². The van der Waals surface area contributed by atoms with E-state index in [1.807, 2.05) is 12.1 Å². The maximum atomic E-state index is 12.2. The van der Waals surface area contributed by atoms with Crippen molar-refractivity contribution in [2.45, 2.75) is 0 Å². The molecule has 0 aromatic carbocycles. The Morgan fingerprint density at radius 3 is 2.92 bits per heavy atom. The molecule has 118 valence electrons. The Kier molecular flexibility index (Phi) is 3.35. The molecule has 4 rings (SSSR count). The Labute approximate surface area is 135 Å². The van der Waals surface area contributed by atoms with Crippen molar-refractivity contribution in [3.05, 3.63) is 61.3 Å². The van der Waals surface area contributed by atoms with E-state index >= 15 is 0 Å². The summed E-state index contributed by atoms with van der Waals surface area (Å²) < 4.78 is 6.92. The zero-order valence-electron chi connectivity index (χ0n) is 12.2. The SMILES string of the molecule is O=C(Nc1cnn(-c2ccncc2)c1)c1coc(-c2cn[nH]c2)n1. The molecule has 0 aliphatic carbocycles. The van der Waals surface area contributed by atoms with Crippen LogP contribution < -0.4 is 5.32 Å². The van der Waals surface area contributed by atoms with Crippen molar-refractivity contribution in [2.24, 2.45) is 0 Å². The summed E-state index contributed by atoms with van der Waals surface area (Å²) in [6, 6.07) is 3.63. The largest absolute Gasteiger partial charge is 0.444 e. The molecule has 4 aromatic heterocycles. The first-order valence-electron chi connectivity index (χ1n) is 7.01. The fraction of sp³-hybridized carbons (Fsp3) is 0. The Balaban J connectivity index is 1.50. The number of nitrogens with one attached hydrogen (secondary N) is 2. The molecule has 0 saturated carbocycles. The number of carbonyl (C=O) groups is 1. The minimum absolute atomic E-state index is 0.169. The van der Waals surface area contributed by atoms with E-state index in [-0.39, 0.29) is 11.6 Å². The molecule has 0 fully saturated rings. The predicted molar refractivity (Wildman–Crippen MR) is 83.4 cm³/mol. The Bertz CT molecular complexity index is 957. The van der Waals surface area contributed by atoms with Gasteiger partial charge in [0.05, 0.1) is 35.5 Å². The average molecular weight is 321 g/mol. The lowest BCUT2D eigenvalue weighted by atomic mass is 10.3. The minimum atomic E-state index is -0.386. The molecule has 9 nitrogen and oxygen atoms in total. The molecule has 0 aliphatic heterocycles. The van der Waals surface area contributed by atoms with Crippen LogP contribution in [0, 0.1) is 0 Å². The Hall–Kier alpha value is -3.75. The minimum Gasteiger partial charge on any atom is -0.444 e. The molecular formula is C15H11N7O2. The van der Waals surface area contributed by atoms with Crippen LogP contribution in [0.25, 0.3) is 17.1 Å². The summed E-state index contributed by atoms with van der Waals surface area (Å²) in [6.07, 6.45) is 11.1. The summed E-state index contributed by atoms with van der Waals surface area (Å²) in [4.78, 5) is 20.3. The van der Waals surface area contributed by atoms with Crippen LogP contribution in [0.5, 0.6) is 0 Å². The van der Waals surface area contributed by atoms with E-state index in [0.29, 0.717) is 17.1 Å². The van der Waals surface area contributed by atoms with E-state index in [0.717, 1.165) is 5.69 Å². The number of hydrogen-bond donors (Lipinski definition) is 2. The van der Waals surface area contributed by atoms with Gasteiger partial charge < -0.3 is 9.73 Å². The number of rotatable bonds is 4. The lowest BCUT2D eigenvalue weighted by molar-refractivity contribution is 0.102. The Morgan fingerprint density at radius 1 is 1.25 bits per heavy atom. The van der Waals surface area contributed by atoms with Crippen molar-refractivity contribution in [2.75, 3.05) is 5.32 Å². The number of nitrogens with zero attached hydrogens (tertiary/aromatic N) is 5. The monoisotopic (exact) mass is 321 g/mol. The van der Waals surface area contributed by atoms with E-state index in [1.165, 1.54) is 6.26 Å². The van der Waals surface area contributed by atoms with Crippen LogP contribution >= 0.6 is 0 Å². The van der Waals surface area contributed by atoms with Crippen LogP contribution in [0.4, 0.5) is 5.69 Å². The highest BCUT2D eigenvalue weighted by Gasteiger charge is 2.15. The zero-order chi connectivity index (χ0) is 16.4. The smallest absolute Gasteiger partial charge is 0.277 e. The number of amides is 1. The third-order valence-corrected chi connectivity index (χ3v) is 3.25. The quantitative estimate of drug-likeness (QED) is 0.593. The highest BCUT2D eigenvalue weighted by Crippen LogP contribution is 2.17. The summed E-state index contributed by atoms with van der Waals surface area (Å²) in [5.74, 6) is -0.0656. The number of pyridine rings is 1. The van der Waals surface area contributed by atoms with Crippen LogP contribution in [-0.2, 0) is 0 Å². The lowest BCUT2D eigenvalue weighted by Crippen LogP contribution is -2.11. The molecule has 1 amide bonds. The maximum Gasteiger partial charge on any atom is 0.277 e. The van der Waals surface area contributed by atoms with E-state index in [9.17, 15) is 4.79 Å². The maximum absolute atomic E-state index is 12.2. The summed E-state index contributed by atoms with van der Waals surface area (Å²) in [5.41, 5.74) is 2.22. The van der Waals surface area contributed by atoms with Crippen molar-refractivity contribution >= 4 is 11.6 Å². The van der Waals surface area contributed by atoms with Crippen LogP contribution in [-0.4, -0.2) is 35.9 Å². The van der Waals surface area contributed by atoms with Gasteiger partial charge in [0.1, 0.15) is 6.26 Å². The van der Waals surface area contributed by atoms with Gasteiger partial charge >= 0.3 is 0 Å². The van der Waals surface area contributed by atoms with Crippen molar-refractivity contribution in [3.63, 3.8) is 0 Å². The molecule has 24 heavy (non-hydrogen) atoms. The normalized spacial score (nSPS) is 10.7. The number of aromatic amines is 1. The first-order chi connectivity index (χ1) is 11.8. The number of aromatic nitrogens is 6. The summed E-state index contributed by atoms with van der Waals surface area (Å²) >= 11 is 0. The molecular weight excluding hydrogens is 310 g/mol. The van der Waals surface area contributed by atoms with E-state index < -0.39 is 0 Å². The highest BCUT2D eigenvalue weighted by molar-refractivity contribution is 6.02. The first kappa shape index (κ1) is 13.9. The van der Waals surface area contributed by atoms with Gasteiger partial charge in [0.2, 0.25) is 5.89 Å². The second-order valence-electron chi connectivity index (χ2n) is 4.86. The van der Waals surface area contributed by atoms with Gasteiger partial charge in [0, 0.05) is 18.6 Å². The van der Waals surface area contributed by atoms with E-state index in [1.54, 1.807) is 41.9 Å². The molecule has 0 bridgehead atoms. The van der Waals surface area contributed by atoms with Crippen LogP contribution in [0.2, 0.25) is 0 Å². The number of anilines is 1. The molecule has 0 spiro atoms. The fourth-order valence-corrected chi connectivity index (χ4v) is 2.10. The predicted octanol–water partition coefficient (Wildman–Crippen LogP) is 1.90. The van der Waals surface area contributed by atoms with Gasteiger partial charge in [-0.2, -0.15) is 10.2 Å². The molecule has 9 heteroatoms. The molecule has 0 radical (unpaired) electrons. The van der Waals surface area contributed by atoms with Crippen molar-refractivity contribution in [1.82, 2.24) is 29.9 Å². The van der Waals surface area contributed by atoms with E-state index in [4.69, 9.17) is 4.42 Å². The van der Waals surface area contributed by atoms with Crippen molar-refractivity contribution < 1.29 is 9.21 Å². The summed E-state index contributed by atoms with van der Waals surface area (Å²) in [5, 5.41) is 13.4. The van der Waals surface area contributed by atoms with Gasteiger partial charge in [-0.05, 0) is 12.1 Å². The number of hydrogen-bond acceptors (Lipinski definition) is 6. The highest BCUT2D eigenvalue weighted by atomic mass is 16.3. The van der Waals surface area contributed by atoms with Gasteiger partial charge in [-0.1, -0.05) is 0 Å². The number of H-pyrrole nitrogens is 1. The van der Waals surface area contributed by atoms with Gasteiger partial charge in [0.15, 0.2) is 5.69 Å². The molecule has 0 unspecified atom stereocenters. The van der Waals surface area contributed by atoms with Crippen LogP contribution in [0.1, 0.15) is 10.5 Å². The second kappa shape index (κ2) is 5.80. The molecule has 0 atom stereocenters. The van der Waals surface area contributed by atoms with Gasteiger partial charge in [-0.25, -0.2) is 9.67 Å². The second-order valence-corrected chi connectivity index (χ2v) is 4.86. The van der Waals surface area contributed by atoms with Crippen LogP contribution in [0.15, 0.2) is 60.0 Å². The van der Waals surface area contributed by atoms with Crippen molar-refractivity contribution in [1.29, 1.82) is 0 Å². The molecule has 4 heterocycles. The average Bonchev–Trinajstić information content (AvgIpc) is 3.36.